The molecule has 0 bridgehead atoms. The Hall–Kier alpha value is -3.44. The Balaban J connectivity index is 1.72. The number of rotatable bonds is 5. The lowest BCUT2D eigenvalue weighted by molar-refractivity contribution is -0.147. The fourth-order valence-electron chi connectivity index (χ4n) is 3.74. The monoisotopic (exact) mass is 549 g/mol. The molecule has 0 fully saturated rings. The molecule has 0 atom stereocenters. The van der Waals surface area contributed by atoms with Crippen molar-refractivity contribution in [2.75, 3.05) is 5.32 Å². The lowest BCUT2D eigenvalue weighted by Crippen LogP contribution is -2.22. The number of hydrogen-bond acceptors (Lipinski definition) is 6. The second-order valence-corrected chi connectivity index (χ2v) is 10.3. The average Bonchev–Trinajstić information content (AvgIpc) is 3.27. The first-order chi connectivity index (χ1) is 16.1. The highest BCUT2D eigenvalue weighted by atomic mass is 79.9. The molecule has 0 unspecified atom stereocenters. The van der Waals surface area contributed by atoms with Gasteiger partial charge in [-0.3, -0.25) is 4.79 Å². The van der Waals surface area contributed by atoms with E-state index in [-0.39, 0.29) is 10.6 Å². The van der Waals surface area contributed by atoms with E-state index in [1.165, 1.54) is 24.3 Å². The summed E-state index contributed by atoms with van der Waals surface area (Å²) in [5, 5.41) is 21.5. The van der Waals surface area contributed by atoms with E-state index >= 15 is 0 Å². The zero-order valence-electron chi connectivity index (χ0n) is 17.3. The van der Waals surface area contributed by atoms with E-state index < -0.39 is 38.2 Å². The first-order valence-corrected chi connectivity index (χ1v) is 12.3. The van der Waals surface area contributed by atoms with Crippen LogP contribution < -0.4 is 10.1 Å². The lowest BCUT2D eigenvalue weighted by Gasteiger charge is -2.17. The van der Waals surface area contributed by atoms with Gasteiger partial charge in [0, 0.05) is 17.3 Å². The summed E-state index contributed by atoms with van der Waals surface area (Å²) in [6.45, 7) is 0. The molecule has 0 saturated heterocycles. The number of carbonyl (C=O) groups is 2. The predicted octanol–water partition coefficient (Wildman–Crippen LogP) is 4.43. The Bertz CT molecular complexity index is 1420. The van der Waals surface area contributed by atoms with Crippen molar-refractivity contribution in [1.82, 2.24) is 0 Å². The van der Waals surface area contributed by atoms with E-state index in [9.17, 15) is 27.5 Å². The number of anilines is 1. The largest absolute Gasteiger partial charge is 0.507 e. The Morgan fingerprint density at radius 3 is 2.38 bits per heavy atom. The maximum Gasteiger partial charge on any atom is 0.394 e. The standard InChI is InChI=1S/C23H17BrFNO7S/c24-17-11-18(26-22(28)23(29)30)15-2-1-3-16(15)21(17)33-13-6-9-19(27)20(10-13)34(31,32)14-7-4-12(25)5-8-14/h4-11,27H,1-3H2,(H,26,28)(H,29,30). The van der Waals surface area contributed by atoms with Crippen LogP contribution >= 0.6 is 15.9 Å². The van der Waals surface area contributed by atoms with Crippen LogP contribution in [-0.4, -0.2) is 30.5 Å². The van der Waals surface area contributed by atoms with E-state index in [4.69, 9.17) is 9.84 Å². The molecule has 1 amide bonds. The molecule has 3 aromatic rings. The Labute approximate surface area is 202 Å². The Morgan fingerprint density at radius 1 is 1.03 bits per heavy atom. The van der Waals surface area contributed by atoms with Gasteiger partial charge < -0.3 is 20.3 Å². The van der Waals surface area contributed by atoms with Crippen LogP contribution in [0.25, 0.3) is 0 Å². The van der Waals surface area contributed by atoms with Gasteiger partial charge in [-0.1, -0.05) is 0 Å². The molecule has 0 aromatic heterocycles. The number of aromatic hydroxyl groups is 1. The highest BCUT2D eigenvalue weighted by molar-refractivity contribution is 9.10. The van der Waals surface area contributed by atoms with Crippen LogP contribution in [0.5, 0.6) is 17.2 Å². The summed E-state index contributed by atoms with van der Waals surface area (Å²) in [6, 6.07) is 9.49. The molecule has 1 aliphatic carbocycles. The highest BCUT2D eigenvalue weighted by Gasteiger charge is 2.26. The number of fused-ring (bicyclic) bond motifs is 1. The third-order valence-electron chi connectivity index (χ3n) is 5.31. The summed E-state index contributed by atoms with van der Waals surface area (Å²) in [6.07, 6.45) is 1.94. The molecule has 0 radical (unpaired) electrons. The number of carboxylic acid groups (broad SMARTS) is 1. The molecular weight excluding hydrogens is 533 g/mol. The molecule has 3 N–H and O–H groups in total. The van der Waals surface area contributed by atoms with Gasteiger partial charge in [0.1, 0.15) is 28.0 Å². The van der Waals surface area contributed by atoms with E-state index in [1.807, 2.05) is 0 Å². The maximum absolute atomic E-state index is 13.2. The van der Waals surface area contributed by atoms with Gasteiger partial charge in [-0.15, -0.1) is 0 Å². The molecule has 0 saturated carbocycles. The summed E-state index contributed by atoms with van der Waals surface area (Å²) in [4.78, 5) is 22.0. The van der Waals surface area contributed by atoms with Gasteiger partial charge in [-0.25, -0.2) is 17.6 Å². The fraction of sp³-hybridized carbons (Fsp3) is 0.130. The number of aliphatic carboxylic acids is 1. The van der Waals surface area contributed by atoms with Crippen molar-refractivity contribution in [2.45, 2.75) is 29.1 Å². The topological polar surface area (TPSA) is 130 Å². The first kappa shape index (κ1) is 23.7. The molecule has 3 aromatic carbocycles. The highest BCUT2D eigenvalue weighted by Crippen LogP contribution is 2.44. The van der Waals surface area contributed by atoms with Gasteiger partial charge in [0.05, 0.1) is 9.37 Å². The first-order valence-electron chi connectivity index (χ1n) is 9.98. The zero-order valence-corrected chi connectivity index (χ0v) is 19.7. The number of amides is 1. The molecule has 176 valence electrons. The molecule has 4 rings (SSSR count). The van der Waals surface area contributed by atoms with Crippen molar-refractivity contribution >= 4 is 43.3 Å². The van der Waals surface area contributed by atoms with Gasteiger partial charge in [0.15, 0.2) is 0 Å². The van der Waals surface area contributed by atoms with Gasteiger partial charge in [0.25, 0.3) is 0 Å². The van der Waals surface area contributed by atoms with Crippen molar-refractivity contribution in [3.8, 4) is 17.2 Å². The van der Waals surface area contributed by atoms with Crippen LogP contribution in [0, 0.1) is 5.82 Å². The minimum atomic E-state index is -4.16. The van der Waals surface area contributed by atoms with Crippen LogP contribution in [0.4, 0.5) is 10.1 Å². The Morgan fingerprint density at radius 2 is 1.71 bits per heavy atom. The molecular formula is C23H17BrFNO7S. The van der Waals surface area contributed by atoms with Gasteiger partial charge >= 0.3 is 11.9 Å². The number of benzene rings is 3. The van der Waals surface area contributed by atoms with Gasteiger partial charge in [-0.2, -0.15) is 0 Å². The van der Waals surface area contributed by atoms with Gasteiger partial charge in [-0.05, 0) is 83.2 Å². The van der Waals surface area contributed by atoms with Gasteiger partial charge in [0.2, 0.25) is 9.84 Å². The summed E-state index contributed by atoms with van der Waals surface area (Å²) in [5.41, 5.74) is 1.82. The van der Waals surface area contributed by atoms with Crippen molar-refractivity contribution in [3.63, 3.8) is 0 Å². The summed E-state index contributed by atoms with van der Waals surface area (Å²) < 4.78 is 45.6. The molecule has 11 heteroatoms. The molecule has 1 aliphatic rings. The number of phenolic OH excluding ortho intramolecular Hbond substituents is 1. The minimum absolute atomic E-state index is 0.121. The number of carboxylic acids is 1. The van der Waals surface area contributed by atoms with Crippen molar-refractivity contribution in [3.05, 3.63) is 69.9 Å². The number of halogens is 2. The molecule has 34 heavy (non-hydrogen) atoms. The normalized spacial score (nSPS) is 12.8. The molecule has 8 nitrogen and oxygen atoms in total. The number of sulfone groups is 1. The second kappa shape index (κ2) is 9.07. The molecule has 0 aliphatic heterocycles. The summed E-state index contributed by atoms with van der Waals surface area (Å²) in [7, 11) is -4.16. The van der Waals surface area contributed by atoms with E-state index in [0.717, 1.165) is 41.8 Å². The predicted molar refractivity (Wildman–Crippen MR) is 122 cm³/mol. The third-order valence-corrected chi connectivity index (χ3v) is 7.70. The van der Waals surface area contributed by atoms with Crippen molar-refractivity contribution in [2.24, 2.45) is 0 Å². The number of hydrogen-bond donors (Lipinski definition) is 3. The van der Waals surface area contributed by atoms with E-state index in [2.05, 4.69) is 21.2 Å². The number of nitrogens with one attached hydrogen (secondary N) is 1. The molecule has 0 heterocycles. The summed E-state index contributed by atoms with van der Waals surface area (Å²) in [5.74, 6) is -3.35. The van der Waals surface area contributed by atoms with Crippen LogP contribution in [0.15, 0.2) is 62.8 Å². The quantitative estimate of drug-likeness (QED) is 0.317. The van der Waals surface area contributed by atoms with Crippen LogP contribution in [0.1, 0.15) is 17.5 Å². The SMILES string of the molecule is O=C(O)C(=O)Nc1cc(Br)c(Oc2ccc(O)c(S(=O)(=O)c3ccc(F)cc3)c2)c2c1CCC2. The average molecular weight is 550 g/mol. The maximum atomic E-state index is 13.2. The van der Waals surface area contributed by atoms with Crippen LogP contribution in [0.2, 0.25) is 0 Å². The number of ether oxygens (including phenoxy) is 1. The number of phenols is 1. The zero-order chi connectivity index (χ0) is 24.6. The Kier molecular flexibility index (Phi) is 6.32. The molecule has 0 spiro atoms. The smallest absolute Gasteiger partial charge is 0.394 e. The fourth-order valence-corrected chi connectivity index (χ4v) is 5.66. The minimum Gasteiger partial charge on any atom is -0.507 e. The van der Waals surface area contributed by atoms with E-state index in [0.29, 0.717) is 28.8 Å². The van der Waals surface area contributed by atoms with E-state index in [1.54, 1.807) is 0 Å². The second-order valence-electron chi connectivity index (χ2n) is 7.49. The van der Waals surface area contributed by atoms with Crippen molar-refractivity contribution < 1.29 is 37.3 Å². The van der Waals surface area contributed by atoms with Crippen molar-refractivity contribution in [1.29, 1.82) is 0 Å². The number of carbonyl (C=O) groups excluding carboxylic acids is 1. The lowest BCUT2D eigenvalue weighted by atomic mass is 10.1. The van der Waals surface area contributed by atoms with Crippen LogP contribution in [-0.2, 0) is 32.3 Å². The summed E-state index contributed by atoms with van der Waals surface area (Å²) >= 11 is 3.37. The third kappa shape index (κ3) is 4.48. The van der Waals surface area contributed by atoms with Crippen LogP contribution in [0.3, 0.4) is 0 Å².